The number of morpholine rings is 1. The first kappa shape index (κ1) is 19.7. The van der Waals surface area contributed by atoms with Crippen LogP contribution in [-0.2, 0) is 20.9 Å². The van der Waals surface area contributed by atoms with Crippen molar-refractivity contribution in [1.29, 1.82) is 0 Å². The van der Waals surface area contributed by atoms with Gasteiger partial charge in [0.2, 0.25) is 11.8 Å². The molecule has 9 heteroatoms. The monoisotopic (exact) mass is 400 g/mol. The highest BCUT2D eigenvalue weighted by molar-refractivity contribution is 6.24. The molecule has 1 aromatic carbocycles. The first-order valence-electron chi connectivity index (χ1n) is 9.86. The van der Waals surface area contributed by atoms with Crippen molar-refractivity contribution in [2.45, 2.75) is 44.5 Å². The molecule has 3 heterocycles. The van der Waals surface area contributed by atoms with Gasteiger partial charge in [0.1, 0.15) is 6.04 Å². The van der Waals surface area contributed by atoms with Crippen LogP contribution >= 0.6 is 0 Å². The van der Waals surface area contributed by atoms with Crippen LogP contribution < -0.4 is 16.0 Å². The lowest BCUT2D eigenvalue weighted by Gasteiger charge is -2.29. The third-order valence-corrected chi connectivity index (χ3v) is 5.68. The van der Waals surface area contributed by atoms with E-state index < -0.39 is 23.8 Å². The third kappa shape index (κ3) is 3.68. The smallest absolute Gasteiger partial charge is 0.262 e. The number of ether oxygens (including phenoxy) is 1. The second kappa shape index (κ2) is 8.02. The lowest BCUT2D eigenvalue weighted by atomic mass is 10.0. The Hall–Kier alpha value is -2.62. The minimum atomic E-state index is -0.957. The number of hydrogen-bond acceptors (Lipinski definition) is 7. The number of imide groups is 2. The quantitative estimate of drug-likeness (QED) is 0.574. The van der Waals surface area contributed by atoms with Crippen molar-refractivity contribution in [3.63, 3.8) is 0 Å². The number of nitrogens with zero attached hydrogens (tertiary/aromatic N) is 1. The van der Waals surface area contributed by atoms with E-state index in [0.29, 0.717) is 29.8 Å². The number of carbonyl (C=O) groups is 4. The zero-order valence-electron chi connectivity index (χ0n) is 16.2. The van der Waals surface area contributed by atoms with Gasteiger partial charge in [0.05, 0.1) is 23.8 Å². The average Bonchev–Trinajstić information content (AvgIpc) is 2.98. The summed E-state index contributed by atoms with van der Waals surface area (Å²) in [7, 11) is 0. The zero-order valence-corrected chi connectivity index (χ0v) is 16.2. The summed E-state index contributed by atoms with van der Waals surface area (Å²) in [6, 6.07) is 4.23. The number of carbonyl (C=O) groups excluding carboxylic acids is 4. The fourth-order valence-electron chi connectivity index (χ4n) is 4.04. The molecule has 3 N–H and O–H groups in total. The molecule has 0 saturated carbocycles. The molecule has 3 aliphatic rings. The molecule has 154 valence electrons. The van der Waals surface area contributed by atoms with Gasteiger partial charge < -0.3 is 15.4 Å². The van der Waals surface area contributed by atoms with E-state index in [1.807, 2.05) is 6.92 Å². The Bertz CT molecular complexity index is 864. The van der Waals surface area contributed by atoms with Gasteiger partial charge in [-0.25, -0.2) is 0 Å². The fraction of sp³-hybridized carbons (Fsp3) is 0.500. The second-order valence-electron chi connectivity index (χ2n) is 7.57. The Morgan fingerprint density at radius 3 is 2.79 bits per heavy atom. The van der Waals surface area contributed by atoms with Crippen LogP contribution in [0.25, 0.3) is 0 Å². The summed E-state index contributed by atoms with van der Waals surface area (Å²) in [5, 5.41) is 8.87. The summed E-state index contributed by atoms with van der Waals surface area (Å²) in [5.41, 5.74) is 1.32. The number of benzene rings is 1. The molecule has 9 nitrogen and oxygen atoms in total. The van der Waals surface area contributed by atoms with Gasteiger partial charge in [-0.2, -0.15) is 0 Å². The molecule has 0 radical (unpaired) electrons. The van der Waals surface area contributed by atoms with E-state index in [2.05, 4.69) is 16.0 Å². The SMILES string of the molecule is CC(NCc1cccc2c1C(=O)N(C1CCC(=O)NC1=O)C2=O)C1CNCCO1. The molecule has 29 heavy (non-hydrogen) atoms. The molecule has 2 saturated heterocycles. The van der Waals surface area contributed by atoms with Gasteiger partial charge in [0.15, 0.2) is 0 Å². The minimum Gasteiger partial charge on any atom is -0.374 e. The Labute approximate surface area is 168 Å². The van der Waals surface area contributed by atoms with E-state index in [9.17, 15) is 19.2 Å². The molecule has 0 aliphatic carbocycles. The molecule has 4 rings (SSSR count). The summed E-state index contributed by atoms with van der Waals surface area (Å²) in [5.74, 6) is -1.97. The van der Waals surface area contributed by atoms with E-state index in [1.54, 1.807) is 18.2 Å². The van der Waals surface area contributed by atoms with Crippen molar-refractivity contribution in [2.75, 3.05) is 19.7 Å². The number of piperidine rings is 1. The molecule has 0 spiro atoms. The number of fused-ring (bicyclic) bond motifs is 1. The van der Waals surface area contributed by atoms with E-state index in [1.165, 1.54) is 0 Å². The number of nitrogens with one attached hydrogen (secondary N) is 3. The molecular weight excluding hydrogens is 376 g/mol. The average molecular weight is 400 g/mol. The van der Waals surface area contributed by atoms with Gasteiger partial charge in [-0.15, -0.1) is 0 Å². The van der Waals surface area contributed by atoms with E-state index in [0.717, 1.165) is 18.0 Å². The van der Waals surface area contributed by atoms with Gasteiger partial charge in [-0.1, -0.05) is 12.1 Å². The summed E-state index contributed by atoms with van der Waals surface area (Å²) in [6.45, 7) is 4.66. The van der Waals surface area contributed by atoms with Crippen LogP contribution in [0, 0.1) is 0 Å². The maximum atomic E-state index is 13.1. The third-order valence-electron chi connectivity index (χ3n) is 5.68. The van der Waals surface area contributed by atoms with Crippen LogP contribution in [0.3, 0.4) is 0 Å². The lowest BCUT2D eigenvalue weighted by Crippen LogP contribution is -2.54. The van der Waals surface area contributed by atoms with Crippen LogP contribution in [0.2, 0.25) is 0 Å². The highest BCUT2D eigenvalue weighted by atomic mass is 16.5. The van der Waals surface area contributed by atoms with Crippen LogP contribution in [0.15, 0.2) is 18.2 Å². The van der Waals surface area contributed by atoms with Crippen LogP contribution in [0.5, 0.6) is 0 Å². The van der Waals surface area contributed by atoms with E-state index in [-0.39, 0.29) is 30.9 Å². The molecule has 3 unspecified atom stereocenters. The van der Waals surface area contributed by atoms with Gasteiger partial charge in [-0.05, 0) is 25.0 Å². The minimum absolute atomic E-state index is 0.0258. The molecule has 0 aromatic heterocycles. The first-order chi connectivity index (χ1) is 14.0. The topological polar surface area (TPSA) is 117 Å². The predicted molar refractivity (Wildman–Crippen MR) is 102 cm³/mol. The Balaban J connectivity index is 1.51. The second-order valence-corrected chi connectivity index (χ2v) is 7.57. The maximum absolute atomic E-state index is 13.1. The Morgan fingerprint density at radius 1 is 1.24 bits per heavy atom. The number of rotatable bonds is 5. The summed E-state index contributed by atoms with van der Waals surface area (Å²) >= 11 is 0. The standard InChI is InChI=1S/C20H24N4O5/c1-11(15-10-21-7-8-29-15)22-9-12-3-2-4-13-17(12)20(28)24(19(13)27)14-5-6-16(25)23-18(14)26/h2-4,11,14-15,21-22H,5-10H2,1H3,(H,23,25,26). The fourth-order valence-corrected chi connectivity index (χ4v) is 4.04. The van der Waals surface area contributed by atoms with Gasteiger partial charge in [0, 0.05) is 32.1 Å². The molecule has 4 amide bonds. The maximum Gasteiger partial charge on any atom is 0.262 e. The number of amides is 4. The van der Waals surface area contributed by atoms with Crippen molar-refractivity contribution in [3.05, 3.63) is 34.9 Å². The summed E-state index contributed by atoms with van der Waals surface area (Å²) in [6.07, 6.45) is 0.274. The molecule has 0 bridgehead atoms. The first-order valence-corrected chi connectivity index (χ1v) is 9.86. The number of hydrogen-bond donors (Lipinski definition) is 3. The van der Waals surface area contributed by atoms with Crippen molar-refractivity contribution in [1.82, 2.24) is 20.9 Å². The van der Waals surface area contributed by atoms with E-state index >= 15 is 0 Å². The summed E-state index contributed by atoms with van der Waals surface area (Å²) in [4.78, 5) is 50.5. The van der Waals surface area contributed by atoms with Crippen LogP contribution in [0.4, 0.5) is 0 Å². The van der Waals surface area contributed by atoms with Gasteiger partial charge in [-0.3, -0.25) is 29.4 Å². The van der Waals surface area contributed by atoms with Crippen molar-refractivity contribution in [2.24, 2.45) is 0 Å². The normalized spacial score (nSPS) is 25.8. The molecular formula is C20H24N4O5. The highest BCUT2D eigenvalue weighted by Crippen LogP contribution is 2.30. The van der Waals surface area contributed by atoms with Gasteiger partial charge >= 0.3 is 0 Å². The lowest BCUT2D eigenvalue weighted by molar-refractivity contribution is -0.136. The summed E-state index contributed by atoms with van der Waals surface area (Å²) < 4.78 is 5.75. The van der Waals surface area contributed by atoms with Crippen LogP contribution in [-0.4, -0.2) is 66.4 Å². The van der Waals surface area contributed by atoms with E-state index in [4.69, 9.17) is 4.74 Å². The van der Waals surface area contributed by atoms with Crippen molar-refractivity contribution < 1.29 is 23.9 Å². The highest BCUT2D eigenvalue weighted by Gasteiger charge is 2.45. The van der Waals surface area contributed by atoms with Crippen molar-refractivity contribution in [3.8, 4) is 0 Å². The van der Waals surface area contributed by atoms with Crippen LogP contribution in [0.1, 0.15) is 46.0 Å². The predicted octanol–water partition coefficient (Wildman–Crippen LogP) is -0.446. The zero-order chi connectivity index (χ0) is 20.5. The largest absolute Gasteiger partial charge is 0.374 e. The van der Waals surface area contributed by atoms with Gasteiger partial charge in [0.25, 0.3) is 11.8 Å². The molecule has 3 atom stereocenters. The Morgan fingerprint density at radius 2 is 2.07 bits per heavy atom. The Kier molecular flexibility index (Phi) is 5.44. The molecule has 2 fully saturated rings. The molecule has 1 aromatic rings. The molecule has 3 aliphatic heterocycles. The van der Waals surface area contributed by atoms with Crippen molar-refractivity contribution >= 4 is 23.6 Å².